The molecule has 0 spiro atoms. The average Bonchev–Trinajstić information content (AvgIpc) is 2.14. The van der Waals surface area contributed by atoms with Gasteiger partial charge in [0.05, 0.1) is 11.0 Å². The largest absolute Gasteiger partial charge is 0.619 e. The molecular weight excluding hydrogens is 188 g/mol. The highest BCUT2D eigenvalue weighted by atomic mass is 16.6. The highest BCUT2D eigenvalue weighted by Crippen LogP contribution is 2.13. The molecule has 6 heteroatoms. The van der Waals surface area contributed by atoms with Gasteiger partial charge in [-0.1, -0.05) is 11.8 Å². The van der Waals surface area contributed by atoms with Gasteiger partial charge in [-0.25, -0.2) is 0 Å². The standard InChI is InChI=1S/C8H6N2O4/c11-5-1-2-7-6-9(12)4-3-8(7)10(13)14/h3-4,6,11H,5H2. The highest BCUT2D eigenvalue weighted by Gasteiger charge is 2.14. The van der Waals surface area contributed by atoms with Crippen LogP contribution in [-0.4, -0.2) is 16.6 Å². The van der Waals surface area contributed by atoms with Gasteiger partial charge in [-0.2, -0.15) is 4.73 Å². The molecule has 0 aliphatic heterocycles. The van der Waals surface area contributed by atoms with E-state index in [4.69, 9.17) is 5.11 Å². The summed E-state index contributed by atoms with van der Waals surface area (Å²) in [6.07, 6.45) is 2.00. The monoisotopic (exact) mass is 194 g/mol. The van der Waals surface area contributed by atoms with Gasteiger partial charge in [0.25, 0.3) is 5.69 Å². The summed E-state index contributed by atoms with van der Waals surface area (Å²) in [4.78, 5) is 9.82. The van der Waals surface area contributed by atoms with Gasteiger partial charge in [-0.05, 0) is 0 Å². The molecule has 0 saturated heterocycles. The van der Waals surface area contributed by atoms with Gasteiger partial charge in [-0.15, -0.1) is 0 Å². The van der Waals surface area contributed by atoms with E-state index < -0.39 is 11.5 Å². The lowest BCUT2D eigenvalue weighted by Crippen LogP contribution is -2.25. The molecule has 0 unspecified atom stereocenters. The van der Waals surface area contributed by atoms with Gasteiger partial charge in [-0.3, -0.25) is 10.1 Å². The quantitative estimate of drug-likeness (QED) is 0.216. The van der Waals surface area contributed by atoms with Crippen molar-refractivity contribution in [3.05, 3.63) is 39.3 Å². The van der Waals surface area contributed by atoms with Gasteiger partial charge >= 0.3 is 0 Å². The molecule has 0 atom stereocenters. The van der Waals surface area contributed by atoms with Crippen molar-refractivity contribution in [2.45, 2.75) is 0 Å². The summed E-state index contributed by atoms with van der Waals surface area (Å²) in [5.74, 6) is 4.56. The third kappa shape index (κ3) is 2.18. The van der Waals surface area contributed by atoms with Gasteiger partial charge < -0.3 is 10.3 Å². The zero-order valence-electron chi connectivity index (χ0n) is 7.01. The minimum Gasteiger partial charge on any atom is -0.619 e. The Balaban J connectivity index is 3.22. The first-order valence-corrected chi connectivity index (χ1v) is 3.62. The summed E-state index contributed by atoms with van der Waals surface area (Å²) < 4.78 is 0.411. The second kappa shape index (κ2) is 4.20. The van der Waals surface area contributed by atoms with Crippen LogP contribution in [-0.2, 0) is 0 Å². The van der Waals surface area contributed by atoms with Crippen LogP contribution in [0.2, 0.25) is 0 Å². The number of hydrogen-bond acceptors (Lipinski definition) is 4. The van der Waals surface area contributed by atoms with E-state index in [9.17, 15) is 15.3 Å². The lowest BCUT2D eigenvalue weighted by molar-refractivity contribution is -0.606. The van der Waals surface area contributed by atoms with E-state index in [0.717, 1.165) is 18.5 Å². The van der Waals surface area contributed by atoms with Gasteiger partial charge in [0.1, 0.15) is 6.61 Å². The summed E-state index contributed by atoms with van der Waals surface area (Å²) in [7, 11) is 0. The van der Waals surface area contributed by atoms with Crippen molar-refractivity contribution in [2.24, 2.45) is 0 Å². The first-order valence-electron chi connectivity index (χ1n) is 3.62. The normalized spacial score (nSPS) is 8.93. The summed E-state index contributed by atoms with van der Waals surface area (Å²) in [5, 5.41) is 29.7. The molecule has 1 aromatic heterocycles. The maximum Gasteiger partial charge on any atom is 0.297 e. The Labute approximate surface area is 79.2 Å². The molecular formula is C8H6N2O4. The Bertz CT molecular complexity index is 419. The summed E-state index contributed by atoms with van der Waals surface area (Å²) in [6.45, 7) is -0.412. The molecule has 1 heterocycles. The molecule has 0 aliphatic carbocycles. The molecule has 1 aromatic rings. The van der Waals surface area contributed by atoms with Crippen molar-refractivity contribution in [3.8, 4) is 11.8 Å². The van der Waals surface area contributed by atoms with E-state index in [0.29, 0.717) is 4.73 Å². The molecule has 72 valence electrons. The van der Waals surface area contributed by atoms with Crippen LogP contribution in [0.3, 0.4) is 0 Å². The molecule has 0 amide bonds. The molecule has 0 aliphatic rings. The van der Waals surface area contributed by atoms with E-state index in [-0.39, 0.29) is 11.3 Å². The van der Waals surface area contributed by atoms with E-state index in [1.165, 1.54) is 0 Å². The molecule has 0 bridgehead atoms. The van der Waals surface area contributed by atoms with Crippen LogP contribution >= 0.6 is 0 Å². The summed E-state index contributed by atoms with van der Waals surface area (Å²) in [6, 6.07) is 1.06. The lowest BCUT2D eigenvalue weighted by atomic mass is 10.2. The lowest BCUT2D eigenvalue weighted by Gasteiger charge is -1.96. The van der Waals surface area contributed by atoms with Crippen LogP contribution in [0, 0.1) is 27.2 Å². The second-order valence-corrected chi connectivity index (χ2v) is 2.32. The topological polar surface area (TPSA) is 90.3 Å². The van der Waals surface area contributed by atoms with E-state index in [1.807, 2.05) is 0 Å². The zero-order chi connectivity index (χ0) is 10.6. The van der Waals surface area contributed by atoms with E-state index >= 15 is 0 Å². The van der Waals surface area contributed by atoms with Crippen molar-refractivity contribution in [2.75, 3.05) is 6.61 Å². The number of aliphatic hydroxyl groups excluding tert-OH is 1. The number of hydrogen-bond donors (Lipinski definition) is 1. The average molecular weight is 194 g/mol. The Morgan fingerprint density at radius 3 is 2.93 bits per heavy atom. The van der Waals surface area contributed by atoms with Gasteiger partial charge in [0.2, 0.25) is 6.20 Å². The SMILES string of the molecule is O=[N+]([O-])c1cc[n+]([O-])cc1C#CCO. The third-order valence-electron chi connectivity index (χ3n) is 1.41. The van der Waals surface area contributed by atoms with E-state index in [2.05, 4.69) is 11.8 Å². The van der Waals surface area contributed by atoms with Gasteiger partial charge in [0, 0.05) is 0 Å². The minimum atomic E-state index is -0.638. The Morgan fingerprint density at radius 1 is 1.64 bits per heavy atom. The first-order chi connectivity index (χ1) is 6.65. The Hall–Kier alpha value is -2.13. The number of rotatable bonds is 1. The Kier molecular flexibility index (Phi) is 2.99. The van der Waals surface area contributed by atoms with Crippen molar-refractivity contribution >= 4 is 5.69 Å². The molecule has 0 aromatic carbocycles. The molecule has 1 rings (SSSR count). The number of nitrogens with zero attached hydrogens (tertiary/aromatic N) is 2. The Morgan fingerprint density at radius 2 is 2.36 bits per heavy atom. The smallest absolute Gasteiger partial charge is 0.297 e. The number of aliphatic hydroxyl groups is 1. The zero-order valence-corrected chi connectivity index (χ0v) is 7.01. The molecule has 0 radical (unpaired) electrons. The molecule has 0 saturated carbocycles. The van der Waals surface area contributed by atoms with Crippen LogP contribution < -0.4 is 4.73 Å². The summed E-state index contributed by atoms with van der Waals surface area (Å²) in [5.41, 5.74) is -0.264. The van der Waals surface area contributed by atoms with Crippen LogP contribution in [0.4, 0.5) is 5.69 Å². The van der Waals surface area contributed by atoms with Crippen molar-refractivity contribution in [1.29, 1.82) is 0 Å². The van der Waals surface area contributed by atoms with Crippen molar-refractivity contribution in [3.63, 3.8) is 0 Å². The maximum atomic E-state index is 10.8. The van der Waals surface area contributed by atoms with Crippen LogP contribution in [0.5, 0.6) is 0 Å². The minimum absolute atomic E-state index is 0.0125. The fourth-order valence-corrected chi connectivity index (χ4v) is 0.861. The second-order valence-electron chi connectivity index (χ2n) is 2.32. The van der Waals surface area contributed by atoms with Crippen molar-refractivity contribution < 1.29 is 14.8 Å². The molecule has 14 heavy (non-hydrogen) atoms. The van der Waals surface area contributed by atoms with Gasteiger partial charge in [0.15, 0.2) is 11.8 Å². The molecule has 0 fully saturated rings. The maximum absolute atomic E-state index is 10.8. The fourth-order valence-electron chi connectivity index (χ4n) is 0.861. The van der Waals surface area contributed by atoms with E-state index in [1.54, 1.807) is 0 Å². The van der Waals surface area contributed by atoms with Crippen molar-refractivity contribution in [1.82, 2.24) is 0 Å². The number of aromatic nitrogens is 1. The summed E-state index contributed by atoms with van der Waals surface area (Å²) >= 11 is 0. The predicted octanol–water partition coefficient (Wildman–Crippen LogP) is -0.428. The molecule has 1 N–H and O–H groups in total. The highest BCUT2D eigenvalue weighted by molar-refractivity contribution is 5.47. The number of nitro groups is 1. The van der Waals surface area contributed by atoms with Crippen LogP contribution in [0.25, 0.3) is 0 Å². The van der Waals surface area contributed by atoms with Crippen LogP contribution in [0.1, 0.15) is 5.56 Å². The fraction of sp³-hybridized carbons (Fsp3) is 0.125. The predicted molar refractivity (Wildman–Crippen MR) is 46.0 cm³/mol. The van der Waals surface area contributed by atoms with Crippen LogP contribution in [0.15, 0.2) is 18.5 Å². The molecule has 6 nitrogen and oxygen atoms in total. The third-order valence-corrected chi connectivity index (χ3v) is 1.41. The number of pyridine rings is 1. The first kappa shape index (κ1) is 9.95.